The Morgan fingerprint density at radius 1 is 1.62 bits per heavy atom. The number of halogens is 1. The van der Waals surface area contributed by atoms with Crippen molar-refractivity contribution >= 4 is 21.6 Å². The number of hydrogen-bond acceptors (Lipinski definition) is 4. The molecule has 0 saturated carbocycles. The fraction of sp³-hybridized carbons (Fsp3) is 1.00. The van der Waals surface area contributed by atoms with Gasteiger partial charge in [-0.2, -0.15) is 0 Å². The van der Waals surface area contributed by atoms with Crippen molar-refractivity contribution in [3.63, 3.8) is 0 Å². The largest absolute Gasteiger partial charge is 0.348 e. The first-order chi connectivity index (χ1) is 5.72. The van der Waals surface area contributed by atoms with Gasteiger partial charge in [-0.25, -0.2) is 13.6 Å². The number of ether oxygens (including phenoxy) is 2. The van der Waals surface area contributed by atoms with Crippen LogP contribution in [-0.4, -0.2) is 31.6 Å². The summed E-state index contributed by atoms with van der Waals surface area (Å²) in [7, 11) is -3.78. The number of nitrogens with two attached hydrogens (primary N) is 1. The summed E-state index contributed by atoms with van der Waals surface area (Å²) in [6, 6.07) is 0. The Labute approximate surface area is 82.2 Å². The van der Waals surface area contributed by atoms with E-state index in [2.05, 4.69) is 0 Å². The van der Waals surface area contributed by atoms with Crippen LogP contribution in [0.2, 0.25) is 0 Å². The van der Waals surface area contributed by atoms with Gasteiger partial charge in [-0.1, -0.05) is 0 Å². The summed E-state index contributed by atoms with van der Waals surface area (Å²) < 4.78 is 30.8. The molecule has 0 aliphatic carbocycles. The van der Waals surface area contributed by atoms with Crippen molar-refractivity contribution in [2.24, 2.45) is 5.14 Å². The van der Waals surface area contributed by atoms with Gasteiger partial charge in [0.25, 0.3) is 0 Å². The summed E-state index contributed by atoms with van der Waals surface area (Å²) in [5.74, 6) is -0.789. The summed E-state index contributed by atoms with van der Waals surface area (Å²) >= 11 is 5.57. The maximum Gasteiger partial charge on any atom is 0.228 e. The molecule has 0 spiro atoms. The molecular formula is C6H12ClNO4S. The van der Waals surface area contributed by atoms with Crippen molar-refractivity contribution in [1.82, 2.24) is 0 Å². The van der Waals surface area contributed by atoms with Gasteiger partial charge in [-0.15, -0.1) is 11.6 Å². The predicted molar refractivity (Wildman–Crippen MR) is 47.7 cm³/mol. The van der Waals surface area contributed by atoms with Crippen LogP contribution in [0.15, 0.2) is 0 Å². The molecule has 1 aliphatic rings. The second-order valence-corrected chi connectivity index (χ2v) is 5.72. The van der Waals surface area contributed by atoms with Crippen molar-refractivity contribution in [3.8, 4) is 0 Å². The van der Waals surface area contributed by atoms with Crippen molar-refractivity contribution in [2.45, 2.75) is 30.4 Å². The minimum absolute atomic E-state index is 0.137. The third-order valence-electron chi connectivity index (χ3n) is 1.64. The summed E-state index contributed by atoms with van der Waals surface area (Å²) in [6.07, 6.45) is -0.702. The molecule has 2 atom stereocenters. The van der Waals surface area contributed by atoms with Crippen molar-refractivity contribution in [3.05, 3.63) is 0 Å². The fourth-order valence-electron chi connectivity index (χ4n) is 1.06. The van der Waals surface area contributed by atoms with E-state index in [9.17, 15) is 8.42 Å². The Balaban J connectivity index is 2.67. The van der Waals surface area contributed by atoms with Crippen LogP contribution in [0.1, 0.15) is 13.8 Å². The molecule has 0 amide bonds. The third-order valence-corrected chi connectivity index (χ3v) is 3.59. The Morgan fingerprint density at radius 2 is 2.15 bits per heavy atom. The first kappa shape index (κ1) is 11.2. The summed E-state index contributed by atoms with van der Waals surface area (Å²) in [6.45, 7) is 3.50. The molecule has 5 nitrogen and oxygen atoms in total. The Hall–Kier alpha value is 0.120. The molecule has 1 aliphatic heterocycles. The average molecular weight is 230 g/mol. The monoisotopic (exact) mass is 229 g/mol. The molecule has 7 heteroatoms. The van der Waals surface area contributed by atoms with Crippen LogP contribution in [0.25, 0.3) is 0 Å². The second kappa shape index (κ2) is 3.36. The van der Waals surface area contributed by atoms with E-state index in [1.165, 1.54) is 0 Å². The average Bonchev–Trinajstić information content (AvgIpc) is 2.26. The van der Waals surface area contributed by atoms with Gasteiger partial charge in [0.1, 0.15) is 6.10 Å². The Bertz CT molecular complexity index is 289. The van der Waals surface area contributed by atoms with Crippen LogP contribution in [0.3, 0.4) is 0 Å². The summed E-state index contributed by atoms with van der Waals surface area (Å²) in [5, 5.41) is 4.85. The number of alkyl halides is 1. The van der Waals surface area contributed by atoms with E-state index < -0.39 is 26.6 Å². The van der Waals surface area contributed by atoms with Gasteiger partial charge in [-0.05, 0) is 13.8 Å². The highest BCUT2D eigenvalue weighted by Crippen LogP contribution is 2.27. The first-order valence-electron chi connectivity index (χ1n) is 3.70. The zero-order chi connectivity index (χ0) is 10.3. The lowest BCUT2D eigenvalue weighted by Gasteiger charge is -2.18. The molecule has 13 heavy (non-hydrogen) atoms. The van der Waals surface area contributed by atoms with Crippen LogP contribution in [0.4, 0.5) is 0 Å². The van der Waals surface area contributed by atoms with E-state index in [-0.39, 0.29) is 6.61 Å². The van der Waals surface area contributed by atoms with Crippen LogP contribution in [0.5, 0.6) is 0 Å². The predicted octanol–water partition coefficient (Wildman–Crippen LogP) is -0.00870. The van der Waals surface area contributed by atoms with E-state index in [1.807, 2.05) is 0 Å². The third kappa shape index (κ3) is 2.78. The summed E-state index contributed by atoms with van der Waals surface area (Å²) in [5.41, 5.74) is 0. The SMILES string of the molecule is CC1(C)OCC(C(Cl)S(N)(=O)=O)O1. The van der Waals surface area contributed by atoms with Crippen LogP contribution < -0.4 is 5.14 Å². The maximum absolute atomic E-state index is 10.8. The van der Waals surface area contributed by atoms with E-state index in [0.29, 0.717) is 0 Å². The molecular weight excluding hydrogens is 218 g/mol. The molecule has 1 heterocycles. The number of rotatable bonds is 2. The zero-order valence-electron chi connectivity index (χ0n) is 7.36. The Morgan fingerprint density at radius 3 is 2.46 bits per heavy atom. The van der Waals surface area contributed by atoms with Crippen LogP contribution in [0, 0.1) is 0 Å². The molecule has 0 bridgehead atoms. The molecule has 78 valence electrons. The molecule has 2 N–H and O–H groups in total. The lowest BCUT2D eigenvalue weighted by atomic mass is 10.4. The number of primary sulfonamides is 1. The number of sulfonamides is 1. The van der Waals surface area contributed by atoms with Crippen molar-refractivity contribution < 1.29 is 17.9 Å². The normalized spacial score (nSPS) is 30.3. The minimum Gasteiger partial charge on any atom is -0.348 e. The van der Waals surface area contributed by atoms with Crippen LogP contribution >= 0.6 is 11.6 Å². The van der Waals surface area contributed by atoms with Gasteiger partial charge in [0.05, 0.1) is 6.61 Å². The lowest BCUT2D eigenvalue weighted by molar-refractivity contribution is -0.136. The standard InChI is InChI=1S/C6H12ClNO4S/c1-6(2)11-3-4(12-6)5(7)13(8,9)10/h4-5H,3H2,1-2H3,(H2,8,9,10). The molecule has 1 saturated heterocycles. The van der Waals surface area contributed by atoms with Gasteiger partial charge >= 0.3 is 0 Å². The van der Waals surface area contributed by atoms with Crippen LogP contribution in [-0.2, 0) is 19.5 Å². The van der Waals surface area contributed by atoms with E-state index in [4.69, 9.17) is 26.2 Å². The van der Waals surface area contributed by atoms with Gasteiger partial charge in [0, 0.05) is 0 Å². The Kier molecular flexibility index (Phi) is 2.89. The molecule has 0 aromatic rings. The smallest absolute Gasteiger partial charge is 0.228 e. The minimum atomic E-state index is -3.78. The molecule has 0 aromatic carbocycles. The molecule has 1 fully saturated rings. The first-order valence-corrected chi connectivity index (χ1v) is 5.74. The topological polar surface area (TPSA) is 78.6 Å². The zero-order valence-corrected chi connectivity index (χ0v) is 8.93. The molecule has 2 unspecified atom stereocenters. The van der Waals surface area contributed by atoms with Gasteiger partial charge < -0.3 is 9.47 Å². The second-order valence-electron chi connectivity index (χ2n) is 3.31. The maximum atomic E-state index is 10.8. The lowest BCUT2D eigenvalue weighted by Crippen LogP contribution is -2.36. The fourth-order valence-corrected chi connectivity index (χ4v) is 1.74. The van der Waals surface area contributed by atoms with Crippen molar-refractivity contribution in [2.75, 3.05) is 6.61 Å². The van der Waals surface area contributed by atoms with E-state index >= 15 is 0 Å². The van der Waals surface area contributed by atoms with E-state index in [1.54, 1.807) is 13.8 Å². The van der Waals surface area contributed by atoms with Crippen molar-refractivity contribution in [1.29, 1.82) is 0 Å². The summed E-state index contributed by atoms with van der Waals surface area (Å²) in [4.78, 5) is 0. The number of hydrogen-bond donors (Lipinski definition) is 1. The highest BCUT2D eigenvalue weighted by molar-refractivity contribution is 7.91. The van der Waals surface area contributed by atoms with E-state index in [0.717, 1.165) is 0 Å². The molecule has 0 radical (unpaired) electrons. The highest BCUT2D eigenvalue weighted by atomic mass is 35.5. The highest BCUT2D eigenvalue weighted by Gasteiger charge is 2.40. The molecule has 1 rings (SSSR count). The molecule has 0 aromatic heterocycles. The van der Waals surface area contributed by atoms with Gasteiger partial charge in [0.2, 0.25) is 10.0 Å². The van der Waals surface area contributed by atoms with Gasteiger partial charge in [-0.3, -0.25) is 0 Å². The van der Waals surface area contributed by atoms with Gasteiger partial charge in [0.15, 0.2) is 10.5 Å². The quantitative estimate of drug-likeness (QED) is 0.676.